The van der Waals surface area contributed by atoms with Gasteiger partial charge in [-0.3, -0.25) is 4.79 Å². The van der Waals surface area contributed by atoms with Gasteiger partial charge in [0, 0.05) is 12.1 Å². The number of nitrogens with one attached hydrogen (secondary N) is 2. The maximum absolute atomic E-state index is 12.8. The molecule has 0 unspecified atom stereocenters. The fourth-order valence-corrected chi connectivity index (χ4v) is 4.35. The molecule has 0 saturated heterocycles. The molecule has 0 aliphatic carbocycles. The molecule has 1 amide bonds. The van der Waals surface area contributed by atoms with Crippen molar-refractivity contribution in [2.45, 2.75) is 24.4 Å². The Balaban J connectivity index is 1.42. The summed E-state index contributed by atoms with van der Waals surface area (Å²) in [5, 5.41) is 7.00. The summed E-state index contributed by atoms with van der Waals surface area (Å²) in [5.41, 5.74) is 2.87. The van der Waals surface area contributed by atoms with Crippen molar-refractivity contribution in [1.82, 2.24) is 24.8 Å². The number of aromatic nitrogens is 3. The van der Waals surface area contributed by atoms with Gasteiger partial charge in [0.1, 0.15) is 12.7 Å². The first kappa shape index (κ1) is 22.4. The van der Waals surface area contributed by atoms with E-state index < -0.39 is 10.0 Å². The number of nitrogens with zero attached hydrogens (tertiary/aromatic N) is 3. The average molecular weight is 462 g/mol. The molecule has 4 rings (SSSR count). The summed E-state index contributed by atoms with van der Waals surface area (Å²) in [6.45, 7) is 2.03. The quantitative estimate of drug-likeness (QED) is 0.419. The van der Waals surface area contributed by atoms with Gasteiger partial charge in [0.05, 0.1) is 16.6 Å². The molecule has 9 heteroatoms. The molecule has 4 aromatic rings. The first-order chi connectivity index (χ1) is 15.9. The van der Waals surface area contributed by atoms with Crippen LogP contribution in [0.4, 0.5) is 0 Å². The fourth-order valence-electron chi connectivity index (χ4n) is 3.28. The monoisotopic (exact) mass is 461 g/mol. The first-order valence-electron chi connectivity index (χ1n) is 10.3. The molecule has 0 fully saturated rings. The Morgan fingerprint density at radius 3 is 2.45 bits per heavy atom. The van der Waals surface area contributed by atoms with Gasteiger partial charge in [0.2, 0.25) is 10.0 Å². The van der Waals surface area contributed by atoms with E-state index in [0.29, 0.717) is 0 Å². The van der Waals surface area contributed by atoms with Gasteiger partial charge >= 0.3 is 0 Å². The van der Waals surface area contributed by atoms with Gasteiger partial charge in [-0.25, -0.2) is 22.8 Å². The van der Waals surface area contributed by atoms with E-state index in [1.54, 1.807) is 23.1 Å². The number of carbonyl (C=O) groups is 1. The molecule has 2 N–H and O–H groups in total. The lowest BCUT2D eigenvalue weighted by molar-refractivity contribution is 0.0939. The largest absolute Gasteiger partial charge is 0.346 e. The lowest BCUT2D eigenvalue weighted by atomic mass is 10.1. The molecule has 1 atom stereocenters. The van der Waals surface area contributed by atoms with Gasteiger partial charge in [-0.2, -0.15) is 5.10 Å². The van der Waals surface area contributed by atoms with Crippen molar-refractivity contribution in [3.05, 3.63) is 108 Å². The van der Waals surface area contributed by atoms with Crippen molar-refractivity contribution >= 4 is 15.9 Å². The van der Waals surface area contributed by atoms with Gasteiger partial charge in [-0.15, -0.1) is 0 Å². The van der Waals surface area contributed by atoms with Crippen LogP contribution in [0.15, 0.2) is 96.4 Å². The van der Waals surface area contributed by atoms with Crippen molar-refractivity contribution in [2.75, 3.05) is 0 Å². The Hall–Kier alpha value is -3.82. The molecule has 0 bridgehead atoms. The molecule has 0 aliphatic rings. The molecule has 3 aromatic carbocycles. The molecule has 8 nitrogen and oxygen atoms in total. The Bertz CT molecular complexity index is 1320. The van der Waals surface area contributed by atoms with Crippen molar-refractivity contribution in [3.8, 4) is 5.69 Å². The highest BCUT2D eigenvalue weighted by molar-refractivity contribution is 7.89. The summed E-state index contributed by atoms with van der Waals surface area (Å²) in [6, 6.07) is 22.5. The Morgan fingerprint density at radius 2 is 1.76 bits per heavy atom. The van der Waals surface area contributed by atoms with Crippen LogP contribution in [0, 0.1) is 0 Å². The molecule has 1 heterocycles. The predicted octanol–water partition coefficient (Wildman–Crippen LogP) is 3.24. The van der Waals surface area contributed by atoms with Crippen LogP contribution in [0.1, 0.15) is 34.5 Å². The van der Waals surface area contributed by atoms with Crippen LogP contribution in [0.2, 0.25) is 0 Å². The number of rotatable bonds is 8. The van der Waals surface area contributed by atoms with E-state index in [4.69, 9.17) is 0 Å². The summed E-state index contributed by atoms with van der Waals surface area (Å²) in [6.07, 6.45) is 3.07. The second kappa shape index (κ2) is 9.76. The smallest absolute Gasteiger partial charge is 0.251 e. The topological polar surface area (TPSA) is 106 Å². The van der Waals surface area contributed by atoms with E-state index in [1.807, 2.05) is 61.5 Å². The van der Waals surface area contributed by atoms with Crippen LogP contribution in [0.25, 0.3) is 5.69 Å². The SMILES string of the molecule is C[C@H](NC(=O)c1cccc(S(=O)(=O)NCc2ccccc2)c1)c1ccc(-n2cncn2)cc1. The number of amides is 1. The minimum Gasteiger partial charge on any atom is -0.346 e. The Kier molecular flexibility index (Phi) is 6.62. The third-order valence-electron chi connectivity index (χ3n) is 5.14. The highest BCUT2D eigenvalue weighted by Gasteiger charge is 2.17. The summed E-state index contributed by atoms with van der Waals surface area (Å²) in [4.78, 5) is 16.8. The molecule has 0 saturated carbocycles. The third-order valence-corrected chi connectivity index (χ3v) is 6.54. The van der Waals surface area contributed by atoms with Gasteiger partial charge in [0.15, 0.2) is 0 Å². The average Bonchev–Trinajstić information content (AvgIpc) is 3.39. The molecule has 33 heavy (non-hydrogen) atoms. The van der Waals surface area contributed by atoms with Crippen LogP contribution in [-0.2, 0) is 16.6 Å². The summed E-state index contributed by atoms with van der Waals surface area (Å²) >= 11 is 0. The number of hydrogen-bond donors (Lipinski definition) is 2. The number of sulfonamides is 1. The van der Waals surface area contributed by atoms with Crippen LogP contribution >= 0.6 is 0 Å². The number of carbonyl (C=O) groups excluding carboxylic acids is 1. The van der Waals surface area contributed by atoms with E-state index in [1.165, 1.54) is 18.5 Å². The lowest BCUT2D eigenvalue weighted by Gasteiger charge is -2.15. The van der Waals surface area contributed by atoms with Gasteiger partial charge in [0.25, 0.3) is 5.91 Å². The summed E-state index contributed by atoms with van der Waals surface area (Å²) in [7, 11) is -3.76. The second-order valence-corrected chi connectivity index (χ2v) is 9.23. The maximum Gasteiger partial charge on any atom is 0.251 e. The van der Waals surface area contributed by atoms with Crippen molar-refractivity contribution in [1.29, 1.82) is 0 Å². The van der Waals surface area contributed by atoms with Crippen LogP contribution in [0.5, 0.6) is 0 Å². The third kappa shape index (κ3) is 5.51. The highest BCUT2D eigenvalue weighted by atomic mass is 32.2. The van der Waals surface area contributed by atoms with E-state index in [2.05, 4.69) is 20.1 Å². The highest BCUT2D eigenvalue weighted by Crippen LogP contribution is 2.17. The van der Waals surface area contributed by atoms with Crippen molar-refractivity contribution in [3.63, 3.8) is 0 Å². The van der Waals surface area contributed by atoms with Crippen molar-refractivity contribution < 1.29 is 13.2 Å². The Labute approximate surface area is 192 Å². The second-order valence-electron chi connectivity index (χ2n) is 7.46. The lowest BCUT2D eigenvalue weighted by Crippen LogP contribution is -2.27. The van der Waals surface area contributed by atoms with Gasteiger partial charge < -0.3 is 5.32 Å². The standard InChI is InChI=1S/C24H23N5O3S/c1-18(20-10-12-22(13-11-20)29-17-25-16-26-29)28-24(30)21-8-5-9-23(14-21)33(31,32)27-15-19-6-3-2-4-7-19/h2-14,16-18,27H,15H2,1H3,(H,28,30)/t18-/m0/s1. The minimum absolute atomic E-state index is 0.0379. The predicted molar refractivity (Wildman–Crippen MR) is 124 cm³/mol. The molecule has 168 valence electrons. The molecular weight excluding hydrogens is 438 g/mol. The van der Waals surface area contributed by atoms with Crippen molar-refractivity contribution in [2.24, 2.45) is 0 Å². The minimum atomic E-state index is -3.76. The molecular formula is C24H23N5O3S. The van der Waals surface area contributed by atoms with Crippen LogP contribution in [-0.4, -0.2) is 29.1 Å². The first-order valence-corrected chi connectivity index (χ1v) is 11.8. The van der Waals surface area contributed by atoms with Crippen LogP contribution in [0.3, 0.4) is 0 Å². The van der Waals surface area contributed by atoms with E-state index in [0.717, 1.165) is 16.8 Å². The number of hydrogen-bond acceptors (Lipinski definition) is 5. The van der Waals surface area contributed by atoms with E-state index in [-0.39, 0.29) is 29.0 Å². The summed E-state index contributed by atoms with van der Waals surface area (Å²) < 4.78 is 29.6. The molecule has 0 aliphatic heterocycles. The van der Waals surface area contributed by atoms with Crippen LogP contribution < -0.4 is 10.0 Å². The van der Waals surface area contributed by atoms with E-state index >= 15 is 0 Å². The molecule has 0 radical (unpaired) electrons. The summed E-state index contributed by atoms with van der Waals surface area (Å²) in [5.74, 6) is -0.358. The fraction of sp³-hybridized carbons (Fsp3) is 0.125. The maximum atomic E-state index is 12.8. The number of benzene rings is 3. The van der Waals surface area contributed by atoms with Gasteiger partial charge in [-0.1, -0.05) is 48.5 Å². The van der Waals surface area contributed by atoms with E-state index in [9.17, 15) is 13.2 Å². The zero-order valence-corrected chi connectivity index (χ0v) is 18.7. The molecule has 1 aromatic heterocycles. The van der Waals surface area contributed by atoms with Gasteiger partial charge in [-0.05, 0) is 48.4 Å². The zero-order chi connectivity index (χ0) is 23.3. The normalized spacial score (nSPS) is 12.3. The molecule has 0 spiro atoms. The Morgan fingerprint density at radius 1 is 1.00 bits per heavy atom. The zero-order valence-electron chi connectivity index (χ0n) is 17.9.